The maximum atomic E-state index is 12.6. The van der Waals surface area contributed by atoms with E-state index < -0.39 is 16.1 Å². The highest BCUT2D eigenvalue weighted by atomic mass is 35.5. The van der Waals surface area contributed by atoms with Crippen LogP contribution in [0.15, 0.2) is 65.6 Å². The third kappa shape index (κ3) is 4.45. The molecule has 0 aliphatic heterocycles. The Kier molecular flexibility index (Phi) is 5.83. The van der Waals surface area contributed by atoms with Crippen molar-refractivity contribution < 1.29 is 13.2 Å². The molecule has 7 heteroatoms. The monoisotopic (exact) mass is 383 g/mol. The number of hydrogen-bond acceptors (Lipinski definition) is 3. The minimum atomic E-state index is -3.87. The molecule has 4 nitrogen and oxygen atoms in total. The van der Waals surface area contributed by atoms with Gasteiger partial charge in [-0.05, 0) is 48.9 Å². The van der Waals surface area contributed by atoms with Gasteiger partial charge in [0.25, 0.3) is 0 Å². The number of hydrogen-bond donors (Lipinski definition) is 1. The van der Waals surface area contributed by atoms with Crippen molar-refractivity contribution in [3.05, 3.63) is 76.3 Å². The second-order valence-corrected chi connectivity index (χ2v) is 7.73. The van der Waals surface area contributed by atoms with Gasteiger partial charge in [-0.15, -0.1) is 0 Å². The molecule has 0 saturated carbocycles. The van der Waals surface area contributed by atoms with Crippen molar-refractivity contribution in [3.63, 3.8) is 0 Å². The summed E-state index contributed by atoms with van der Waals surface area (Å²) < 4.78 is 27.7. The lowest BCUT2D eigenvalue weighted by Gasteiger charge is -2.20. The third-order valence-electron chi connectivity index (χ3n) is 3.40. The summed E-state index contributed by atoms with van der Waals surface area (Å²) in [6.45, 7) is 5.05. The van der Waals surface area contributed by atoms with Crippen molar-refractivity contribution in [1.29, 1.82) is 0 Å². The van der Waals surface area contributed by atoms with Crippen LogP contribution in [0.3, 0.4) is 0 Å². The molecule has 0 spiro atoms. The van der Waals surface area contributed by atoms with E-state index in [-0.39, 0.29) is 16.3 Å². The van der Waals surface area contributed by atoms with Crippen LogP contribution in [0.1, 0.15) is 18.5 Å². The molecule has 0 aliphatic rings. The Morgan fingerprint density at radius 1 is 1.00 bits per heavy atom. The van der Waals surface area contributed by atoms with Gasteiger partial charge in [-0.25, -0.2) is 8.42 Å². The summed E-state index contributed by atoms with van der Waals surface area (Å²) in [6, 6.07) is 11.4. The number of halogens is 2. The van der Waals surface area contributed by atoms with E-state index in [0.717, 1.165) is 0 Å². The lowest BCUT2D eigenvalue weighted by Crippen LogP contribution is -2.31. The maximum Gasteiger partial charge on any atom is 0.241 e. The summed E-state index contributed by atoms with van der Waals surface area (Å²) >= 11 is 11.6. The lowest BCUT2D eigenvalue weighted by atomic mass is 9.98. The van der Waals surface area contributed by atoms with Crippen LogP contribution in [0.25, 0.3) is 0 Å². The van der Waals surface area contributed by atoms with E-state index in [0.29, 0.717) is 15.6 Å². The fourth-order valence-electron chi connectivity index (χ4n) is 2.04. The topological polar surface area (TPSA) is 63.2 Å². The Morgan fingerprint density at radius 2 is 1.46 bits per heavy atom. The van der Waals surface area contributed by atoms with Crippen LogP contribution in [0.4, 0.5) is 0 Å². The van der Waals surface area contributed by atoms with E-state index in [1.807, 2.05) is 0 Å². The van der Waals surface area contributed by atoms with E-state index in [2.05, 4.69) is 11.3 Å². The fourth-order valence-corrected chi connectivity index (χ4v) is 3.51. The first-order valence-electron chi connectivity index (χ1n) is 6.94. The molecule has 0 fully saturated rings. The van der Waals surface area contributed by atoms with Gasteiger partial charge in [0.2, 0.25) is 10.0 Å². The number of ketones is 1. The zero-order valence-corrected chi connectivity index (χ0v) is 15.1. The van der Waals surface area contributed by atoms with E-state index in [9.17, 15) is 13.2 Å². The second-order valence-electron chi connectivity index (χ2n) is 5.14. The van der Waals surface area contributed by atoms with Crippen LogP contribution < -0.4 is 4.72 Å². The highest BCUT2D eigenvalue weighted by molar-refractivity contribution is 7.89. The number of sulfonamides is 1. The van der Waals surface area contributed by atoms with Gasteiger partial charge in [-0.3, -0.25) is 4.79 Å². The molecule has 1 atom stereocenters. The SMILES string of the molecule is C=C(C(C)=O)[C@@H](NS(=O)(=O)c1ccc(Cl)cc1)c1ccc(Cl)cc1. The van der Waals surface area contributed by atoms with E-state index in [4.69, 9.17) is 23.2 Å². The average Bonchev–Trinajstić information content (AvgIpc) is 2.53. The van der Waals surface area contributed by atoms with E-state index in [1.165, 1.54) is 31.2 Å². The van der Waals surface area contributed by atoms with Gasteiger partial charge in [0.1, 0.15) is 0 Å². The molecule has 0 aliphatic carbocycles. The molecular weight excluding hydrogens is 369 g/mol. The van der Waals surface area contributed by atoms with Gasteiger partial charge in [0, 0.05) is 15.6 Å². The average molecular weight is 384 g/mol. The highest BCUT2D eigenvalue weighted by Crippen LogP contribution is 2.25. The number of rotatable bonds is 6. The Labute approximate surface area is 151 Å². The molecule has 0 heterocycles. The molecule has 0 bridgehead atoms. The third-order valence-corrected chi connectivity index (χ3v) is 5.34. The summed E-state index contributed by atoms with van der Waals surface area (Å²) in [7, 11) is -3.87. The van der Waals surface area contributed by atoms with Crippen LogP contribution in [-0.4, -0.2) is 14.2 Å². The number of Topliss-reactive ketones (excluding diaryl/α,β-unsaturated/α-hetero) is 1. The zero-order chi connectivity index (χ0) is 17.9. The van der Waals surface area contributed by atoms with Crippen molar-refractivity contribution in [2.24, 2.45) is 0 Å². The van der Waals surface area contributed by atoms with Gasteiger partial charge >= 0.3 is 0 Å². The zero-order valence-electron chi connectivity index (χ0n) is 12.8. The molecule has 0 saturated heterocycles. The number of carbonyl (C=O) groups is 1. The molecule has 0 radical (unpaired) electrons. The normalized spacial score (nSPS) is 12.6. The summed E-state index contributed by atoms with van der Waals surface area (Å²) in [5.41, 5.74) is 0.701. The number of benzene rings is 2. The molecule has 126 valence electrons. The van der Waals surface area contributed by atoms with Crippen LogP contribution in [0.5, 0.6) is 0 Å². The molecule has 0 unspecified atom stereocenters. The van der Waals surface area contributed by atoms with Gasteiger partial charge in [0.15, 0.2) is 5.78 Å². The Morgan fingerprint density at radius 3 is 1.92 bits per heavy atom. The molecule has 0 amide bonds. The van der Waals surface area contributed by atoms with Crippen LogP contribution in [-0.2, 0) is 14.8 Å². The van der Waals surface area contributed by atoms with E-state index >= 15 is 0 Å². The van der Waals surface area contributed by atoms with Crippen molar-refractivity contribution in [2.75, 3.05) is 0 Å². The Hall–Kier alpha value is -1.66. The maximum absolute atomic E-state index is 12.6. The van der Waals surface area contributed by atoms with Crippen molar-refractivity contribution in [2.45, 2.75) is 17.9 Å². The minimum absolute atomic E-state index is 0.0437. The van der Waals surface area contributed by atoms with Gasteiger partial charge in [0.05, 0.1) is 10.9 Å². The molecule has 2 aromatic carbocycles. The predicted molar refractivity (Wildman–Crippen MR) is 95.8 cm³/mol. The summed E-state index contributed by atoms with van der Waals surface area (Å²) in [4.78, 5) is 11.8. The first kappa shape index (κ1) is 18.7. The molecule has 24 heavy (non-hydrogen) atoms. The lowest BCUT2D eigenvalue weighted by molar-refractivity contribution is -0.113. The summed E-state index contributed by atoms with van der Waals surface area (Å²) in [5, 5.41) is 0.933. The molecule has 2 rings (SSSR count). The number of carbonyl (C=O) groups excluding carboxylic acids is 1. The molecule has 0 aromatic heterocycles. The summed E-state index contributed by atoms with van der Waals surface area (Å²) in [5.74, 6) is -0.311. The van der Waals surface area contributed by atoms with Crippen LogP contribution >= 0.6 is 23.2 Å². The van der Waals surface area contributed by atoms with Crippen LogP contribution in [0, 0.1) is 0 Å². The minimum Gasteiger partial charge on any atom is -0.295 e. The smallest absolute Gasteiger partial charge is 0.241 e. The molecular formula is C17H15Cl2NO3S. The first-order valence-corrected chi connectivity index (χ1v) is 9.18. The standard InChI is InChI=1S/C17H15Cl2NO3S/c1-11(12(2)21)17(13-3-5-14(18)6-4-13)20-24(22,23)16-9-7-15(19)8-10-16/h3-10,17,20H,1H2,2H3/t17-/m1/s1. The summed E-state index contributed by atoms with van der Waals surface area (Å²) in [6.07, 6.45) is 0. The van der Waals surface area contributed by atoms with Gasteiger partial charge in [-0.2, -0.15) is 4.72 Å². The van der Waals surface area contributed by atoms with Crippen molar-refractivity contribution in [3.8, 4) is 0 Å². The quantitative estimate of drug-likeness (QED) is 0.761. The fraction of sp³-hybridized carbons (Fsp3) is 0.118. The van der Waals surface area contributed by atoms with E-state index in [1.54, 1.807) is 24.3 Å². The first-order chi connectivity index (χ1) is 11.2. The van der Waals surface area contributed by atoms with Crippen molar-refractivity contribution >= 4 is 39.0 Å². The number of nitrogens with one attached hydrogen (secondary N) is 1. The predicted octanol–water partition coefficient (Wildman–Crippen LogP) is 4.16. The van der Waals surface area contributed by atoms with Gasteiger partial charge < -0.3 is 0 Å². The Bertz CT molecular complexity index is 860. The largest absolute Gasteiger partial charge is 0.295 e. The molecule has 2 aromatic rings. The highest BCUT2D eigenvalue weighted by Gasteiger charge is 2.25. The Balaban J connectivity index is 2.41. The molecule has 1 N–H and O–H groups in total. The van der Waals surface area contributed by atoms with Crippen LogP contribution in [0.2, 0.25) is 10.0 Å². The second kappa shape index (κ2) is 7.49. The van der Waals surface area contributed by atoms with Crippen molar-refractivity contribution in [1.82, 2.24) is 4.72 Å². The van der Waals surface area contributed by atoms with Gasteiger partial charge in [-0.1, -0.05) is 41.9 Å².